The Bertz CT molecular complexity index is 1760. The number of likely N-dealkylation sites (tertiary alicyclic amines) is 1. The fourth-order valence-electron chi connectivity index (χ4n) is 5.06. The molecule has 1 aliphatic heterocycles. The molecule has 1 N–H and O–H groups in total. The van der Waals surface area contributed by atoms with Gasteiger partial charge in [0.15, 0.2) is 11.5 Å². The summed E-state index contributed by atoms with van der Waals surface area (Å²) in [6, 6.07) is 19.5. The number of halogens is 1. The Labute approximate surface area is 262 Å². The lowest BCUT2D eigenvalue weighted by atomic mass is 10.1. The van der Waals surface area contributed by atoms with Gasteiger partial charge >= 0.3 is 0 Å². The Morgan fingerprint density at radius 1 is 0.911 bits per heavy atom. The van der Waals surface area contributed by atoms with Crippen LogP contribution in [0.1, 0.15) is 23.2 Å². The van der Waals surface area contributed by atoms with Gasteiger partial charge < -0.3 is 24.0 Å². The Morgan fingerprint density at radius 3 is 2.22 bits per heavy atom. The summed E-state index contributed by atoms with van der Waals surface area (Å²) in [6.45, 7) is 0.691. The zero-order chi connectivity index (χ0) is 32.1. The first kappa shape index (κ1) is 31.6. The van der Waals surface area contributed by atoms with Crippen molar-refractivity contribution < 1.29 is 31.8 Å². The number of anilines is 2. The third kappa shape index (κ3) is 7.28. The number of methoxy groups -OCH3 is 2. The number of ether oxygens (including phenoxy) is 3. The van der Waals surface area contributed by atoms with Gasteiger partial charge in [0.1, 0.15) is 11.9 Å². The van der Waals surface area contributed by atoms with Crippen molar-refractivity contribution in [2.75, 3.05) is 51.0 Å². The molecular formula is C33H35FN4O6S. The summed E-state index contributed by atoms with van der Waals surface area (Å²) in [5, 5.41) is 0. The molecule has 0 bridgehead atoms. The maximum atomic E-state index is 14.3. The first-order valence-corrected chi connectivity index (χ1v) is 15.8. The van der Waals surface area contributed by atoms with E-state index in [9.17, 15) is 17.6 Å². The number of carbonyl (C=O) groups excluding carboxylic acids is 1. The molecule has 2 heterocycles. The molecule has 0 aliphatic carbocycles. The van der Waals surface area contributed by atoms with E-state index < -0.39 is 21.7 Å². The van der Waals surface area contributed by atoms with Gasteiger partial charge in [-0.2, -0.15) is 0 Å². The maximum absolute atomic E-state index is 14.3. The highest BCUT2D eigenvalue weighted by atomic mass is 32.2. The van der Waals surface area contributed by atoms with Gasteiger partial charge in [-0.15, -0.1) is 0 Å². The highest BCUT2D eigenvalue weighted by Crippen LogP contribution is 2.31. The van der Waals surface area contributed by atoms with Crippen LogP contribution in [0.2, 0.25) is 0 Å². The van der Waals surface area contributed by atoms with Crippen LogP contribution in [0.3, 0.4) is 0 Å². The van der Waals surface area contributed by atoms with Crippen molar-refractivity contribution >= 4 is 27.3 Å². The van der Waals surface area contributed by atoms with Crippen LogP contribution in [0, 0.1) is 5.82 Å². The zero-order valence-corrected chi connectivity index (χ0v) is 26.3. The summed E-state index contributed by atoms with van der Waals surface area (Å²) >= 11 is 0. The monoisotopic (exact) mass is 634 g/mol. The average Bonchev–Trinajstić information content (AvgIpc) is 3.05. The van der Waals surface area contributed by atoms with Crippen LogP contribution in [0.5, 0.6) is 17.4 Å². The van der Waals surface area contributed by atoms with E-state index in [-0.39, 0.29) is 28.0 Å². The van der Waals surface area contributed by atoms with Crippen molar-refractivity contribution in [1.82, 2.24) is 9.88 Å². The van der Waals surface area contributed by atoms with Gasteiger partial charge in [-0.25, -0.2) is 17.8 Å². The molecule has 1 aliphatic rings. The minimum absolute atomic E-state index is 0.0322. The van der Waals surface area contributed by atoms with E-state index in [1.807, 2.05) is 43.3 Å². The van der Waals surface area contributed by atoms with Gasteiger partial charge in [-0.1, -0.05) is 12.1 Å². The lowest BCUT2D eigenvalue weighted by molar-refractivity contribution is 0.0588. The molecule has 3 aromatic carbocycles. The van der Waals surface area contributed by atoms with Crippen molar-refractivity contribution in [2.45, 2.75) is 23.8 Å². The van der Waals surface area contributed by atoms with Crippen LogP contribution in [0.4, 0.5) is 15.8 Å². The molecule has 12 heteroatoms. The molecule has 0 spiro atoms. The van der Waals surface area contributed by atoms with E-state index in [1.54, 1.807) is 11.1 Å². The Morgan fingerprint density at radius 2 is 1.60 bits per heavy atom. The summed E-state index contributed by atoms with van der Waals surface area (Å²) in [5.41, 5.74) is 3.01. The normalized spacial score (nSPS) is 13.7. The number of pyridine rings is 1. The van der Waals surface area contributed by atoms with Crippen LogP contribution in [-0.4, -0.2) is 71.7 Å². The number of nitrogens with one attached hydrogen (secondary N) is 1. The third-order valence-electron chi connectivity index (χ3n) is 7.59. The molecule has 4 aromatic rings. The smallest absolute Gasteiger partial charge is 0.262 e. The second-order valence-electron chi connectivity index (χ2n) is 10.7. The molecule has 236 valence electrons. The molecule has 1 fully saturated rings. The first-order chi connectivity index (χ1) is 21.6. The van der Waals surface area contributed by atoms with Crippen molar-refractivity contribution in [3.8, 4) is 28.5 Å². The van der Waals surface area contributed by atoms with Gasteiger partial charge in [-0.05, 0) is 54.1 Å². The lowest BCUT2D eigenvalue weighted by Crippen LogP contribution is -2.42. The summed E-state index contributed by atoms with van der Waals surface area (Å²) < 4.78 is 59.6. The molecule has 1 saturated heterocycles. The molecule has 1 aromatic heterocycles. The molecule has 45 heavy (non-hydrogen) atoms. The van der Waals surface area contributed by atoms with Crippen LogP contribution in [0.15, 0.2) is 83.9 Å². The summed E-state index contributed by atoms with van der Waals surface area (Å²) in [4.78, 5) is 21.5. The lowest BCUT2D eigenvalue weighted by Gasteiger charge is -2.32. The second-order valence-corrected chi connectivity index (χ2v) is 12.4. The molecule has 0 atom stereocenters. The highest BCUT2D eigenvalue weighted by Gasteiger charge is 2.28. The minimum atomic E-state index is -4.15. The zero-order valence-electron chi connectivity index (χ0n) is 25.5. The summed E-state index contributed by atoms with van der Waals surface area (Å²) in [6.07, 6.45) is 2.67. The van der Waals surface area contributed by atoms with E-state index in [0.29, 0.717) is 37.6 Å². The number of amides is 1. The number of hydrogen-bond donors (Lipinski definition) is 1. The molecule has 10 nitrogen and oxygen atoms in total. The Balaban J connectivity index is 1.22. The largest absolute Gasteiger partial charge is 0.493 e. The quantitative estimate of drug-likeness (QED) is 0.245. The Kier molecular flexibility index (Phi) is 9.43. The van der Waals surface area contributed by atoms with Crippen LogP contribution in [-0.2, 0) is 10.0 Å². The van der Waals surface area contributed by atoms with Gasteiger partial charge in [0.25, 0.3) is 15.9 Å². The van der Waals surface area contributed by atoms with Gasteiger partial charge in [0.05, 0.1) is 30.4 Å². The predicted molar refractivity (Wildman–Crippen MR) is 170 cm³/mol. The van der Waals surface area contributed by atoms with Gasteiger partial charge in [0, 0.05) is 69.6 Å². The number of aromatic nitrogens is 1. The van der Waals surface area contributed by atoms with E-state index in [4.69, 9.17) is 14.2 Å². The van der Waals surface area contributed by atoms with Crippen molar-refractivity contribution in [3.05, 3.63) is 90.4 Å². The maximum Gasteiger partial charge on any atom is 0.262 e. The molecule has 5 rings (SSSR count). The molecule has 0 unspecified atom stereocenters. The molecule has 0 radical (unpaired) electrons. The molecular weight excluding hydrogens is 599 g/mol. The topological polar surface area (TPSA) is 110 Å². The number of piperidine rings is 1. The fraction of sp³-hybridized carbons (Fsp3) is 0.273. The standard InChI is InChI=1S/C33H35FN4O6S/c1-37(2)25-9-5-22(6-10-25)23-7-14-32(35-21-23)44-26-15-17-38(18-16-26)33(39)28-19-24(34)8-12-29(28)36-45(40,41)27-11-13-30(42-3)31(20-27)43-4/h5-14,19-21,26,36H,15-18H2,1-4H3. The molecule has 1 amide bonds. The van der Waals surface area contributed by atoms with Gasteiger partial charge in [-0.3, -0.25) is 9.52 Å². The predicted octanol–water partition coefficient (Wildman–Crippen LogP) is 5.46. The number of carbonyl (C=O) groups is 1. The average molecular weight is 635 g/mol. The van der Waals surface area contributed by atoms with Crippen molar-refractivity contribution in [1.29, 1.82) is 0 Å². The highest BCUT2D eigenvalue weighted by molar-refractivity contribution is 7.92. The summed E-state index contributed by atoms with van der Waals surface area (Å²) in [7, 11) is 2.68. The third-order valence-corrected chi connectivity index (χ3v) is 8.95. The van der Waals surface area contributed by atoms with Crippen LogP contribution < -0.4 is 23.8 Å². The fourth-order valence-corrected chi connectivity index (χ4v) is 6.16. The van der Waals surface area contributed by atoms with E-state index in [0.717, 1.165) is 28.9 Å². The Hall–Kier alpha value is -4.84. The van der Waals surface area contributed by atoms with Crippen LogP contribution in [0.25, 0.3) is 11.1 Å². The number of hydrogen-bond acceptors (Lipinski definition) is 8. The van der Waals surface area contributed by atoms with Crippen LogP contribution >= 0.6 is 0 Å². The first-order valence-electron chi connectivity index (χ1n) is 14.3. The van der Waals surface area contributed by atoms with E-state index in [2.05, 4.69) is 21.8 Å². The molecule has 0 saturated carbocycles. The summed E-state index contributed by atoms with van der Waals surface area (Å²) in [5.74, 6) is -0.0675. The number of benzene rings is 3. The SMILES string of the molecule is COc1ccc(S(=O)(=O)Nc2ccc(F)cc2C(=O)N2CCC(Oc3ccc(-c4ccc(N(C)C)cc4)cn3)CC2)cc1OC. The second kappa shape index (κ2) is 13.4. The number of nitrogens with zero attached hydrogens (tertiary/aromatic N) is 3. The van der Waals surface area contributed by atoms with E-state index >= 15 is 0 Å². The number of sulfonamides is 1. The minimum Gasteiger partial charge on any atom is -0.493 e. The number of rotatable bonds is 10. The van der Waals surface area contributed by atoms with E-state index in [1.165, 1.54) is 38.5 Å². The van der Waals surface area contributed by atoms with Crippen molar-refractivity contribution in [2.24, 2.45) is 0 Å². The van der Waals surface area contributed by atoms with Crippen molar-refractivity contribution in [3.63, 3.8) is 0 Å². The van der Waals surface area contributed by atoms with Gasteiger partial charge in [0.2, 0.25) is 5.88 Å².